The van der Waals surface area contributed by atoms with Gasteiger partial charge in [0.2, 0.25) is 0 Å². The first-order valence-corrected chi connectivity index (χ1v) is 11.7. The zero-order valence-electron chi connectivity index (χ0n) is 18.3. The summed E-state index contributed by atoms with van der Waals surface area (Å²) in [6.07, 6.45) is 2.85. The van der Waals surface area contributed by atoms with E-state index < -0.39 is 6.04 Å². The Kier molecular flexibility index (Phi) is 5.08. The minimum Gasteiger partial charge on any atom is -0.482 e. The van der Waals surface area contributed by atoms with Gasteiger partial charge in [-0.25, -0.2) is 0 Å². The number of hydrogen-bond donors (Lipinski definition) is 0. The zero-order chi connectivity index (χ0) is 22.6. The minimum atomic E-state index is -0.828. The van der Waals surface area contributed by atoms with Crippen molar-refractivity contribution in [2.24, 2.45) is 5.92 Å². The molecule has 0 radical (unpaired) electrons. The number of likely N-dealkylation sites (N-methyl/N-ethyl adjacent to an activating group) is 1. The molecule has 0 saturated heterocycles. The number of Topliss-reactive ketones (excluding diaryl/α,β-unsaturated/α-hetero) is 1. The maximum absolute atomic E-state index is 13.3. The van der Waals surface area contributed by atoms with Crippen molar-refractivity contribution in [2.75, 3.05) is 18.1 Å². The second-order valence-electron chi connectivity index (χ2n) is 8.52. The SMILES string of the molecule is CCN1C(=O)COc2ccc(C(=O)C(C)n3nnc4sc5c(c4c3=O)CCC(C)C5)cc21. The van der Waals surface area contributed by atoms with Crippen molar-refractivity contribution in [2.45, 2.75) is 46.1 Å². The fraction of sp³-hybridized carbons (Fsp3) is 0.435. The summed E-state index contributed by atoms with van der Waals surface area (Å²) in [6.45, 7) is 6.21. The highest BCUT2D eigenvalue weighted by Crippen LogP contribution is 2.36. The third kappa shape index (κ3) is 3.23. The third-order valence-electron chi connectivity index (χ3n) is 6.40. The van der Waals surface area contributed by atoms with Gasteiger partial charge in [-0.3, -0.25) is 14.4 Å². The van der Waals surface area contributed by atoms with E-state index in [9.17, 15) is 14.4 Å². The Balaban J connectivity index is 1.52. The highest BCUT2D eigenvalue weighted by Gasteiger charge is 2.29. The highest BCUT2D eigenvalue weighted by molar-refractivity contribution is 7.18. The fourth-order valence-corrected chi connectivity index (χ4v) is 5.90. The van der Waals surface area contributed by atoms with Crippen LogP contribution in [0.3, 0.4) is 0 Å². The van der Waals surface area contributed by atoms with E-state index in [0.717, 1.165) is 24.8 Å². The average Bonchev–Trinajstić information content (AvgIpc) is 3.16. The van der Waals surface area contributed by atoms with Crippen LogP contribution in [0, 0.1) is 5.92 Å². The van der Waals surface area contributed by atoms with Crippen LogP contribution in [0.15, 0.2) is 23.0 Å². The second kappa shape index (κ2) is 7.81. The molecule has 1 aliphatic heterocycles. The Morgan fingerprint density at radius 1 is 1.34 bits per heavy atom. The van der Waals surface area contributed by atoms with Crippen LogP contribution in [0.2, 0.25) is 0 Å². The van der Waals surface area contributed by atoms with Gasteiger partial charge in [0.05, 0.1) is 11.1 Å². The summed E-state index contributed by atoms with van der Waals surface area (Å²) < 4.78 is 6.68. The first-order valence-electron chi connectivity index (χ1n) is 10.9. The molecule has 3 aromatic rings. The number of hydrogen-bond acceptors (Lipinski definition) is 7. The van der Waals surface area contributed by atoms with Crippen molar-refractivity contribution in [1.82, 2.24) is 15.0 Å². The molecule has 0 bridgehead atoms. The fourth-order valence-electron chi connectivity index (χ4n) is 4.58. The maximum Gasteiger partial charge on any atom is 0.279 e. The summed E-state index contributed by atoms with van der Waals surface area (Å²) in [5.74, 6) is 0.735. The number of aryl methyl sites for hydroxylation is 1. The molecule has 2 unspecified atom stereocenters. The molecule has 9 heteroatoms. The van der Waals surface area contributed by atoms with Gasteiger partial charge in [0.25, 0.3) is 11.5 Å². The lowest BCUT2D eigenvalue weighted by atomic mass is 9.89. The van der Waals surface area contributed by atoms with Crippen LogP contribution in [-0.2, 0) is 17.6 Å². The Hall–Kier alpha value is -3.07. The van der Waals surface area contributed by atoms with Gasteiger partial charge in [0.1, 0.15) is 11.8 Å². The second-order valence-corrected chi connectivity index (χ2v) is 9.60. The van der Waals surface area contributed by atoms with Crippen molar-refractivity contribution in [3.05, 3.63) is 44.6 Å². The van der Waals surface area contributed by atoms with Gasteiger partial charge in [-0.2, -0.15) is 4.68 Å². The van der Waals surface area contributed by atoms with E-state index in [-0.39, 0.29) is 23.9 Å². The van der Waals surface area contributed by atoms with Gasteiger partial charge in [-0.05, 0) is 62.8 Å². The van der Waals surface area contributed by atoms with Gasteiger partial charge in [0.15, 0.2) is 17.2 Å². The summed E-state index contributed by atoms with van der Waals surface area (Å²) in [7, 11) is 0. The molecule has 2 atom stereocenters. The number of rotatable bonds is 4. The Bertz CT molecular complexity index is 1310. The van der Waals surface area contributed by atoms with Crippen molar-refractivity contribution in [3.63, 3.8) is 0 Å². The van der Waals surface area contributed by atoms with E-state index in [2.05, 4.69) is 17.2 Å². The van der Waals surface area contributed by atoms with E-state index in [1.807, 2.05) is 6.92 Å². The number of nitrogens with zero attached hydrogens (tertiary/aromatic N) is 4. The van der Waals surface area contributed by atoms with E-state index >= 15 is 0 Å². The lowest BCUT2D eigenvalue weighted by molar-refractivity contribution is -0.121. The van der Waals surface area contributed by atoms with E-state index in [4.69, 9.17) is 4.74 Å². The normalized spacial score (nSPS) is 18.8. The molecule has 2 aliphatic rings. The number of aromatic nitrogens is 3. The number of carbonyl (C=O) groups is 2. The van der Waals surface area contributed by atoms with Gasteiger partial charge < -0.3 is 9.64 Å². The predicted molar refractivity (Wildman–Crippen MR) is 122 cm³/mol. The molecular weight excluding hydrogens is 428 g/mol. The van der Waals surface area contributed by atoms with Crippen LogP contribution >= 0.6 is 11.3 Å². The van der Waals surface area contributed by atoms with Crippen molar-refractivity contribution in [1.29, 1.82) is 0 Å². The largest absolute Gasteiger partial charge is 0.482 e. The highest BCUT2D eigenvalue weighted by atomic mass is 32.1. The Morgan fingerprint density at radius 2 is 2.16 bits per heavy atom. The standard InChI is InChI=1S/C23H24N4O4S/c1-4-26-16-10-14(6-8-17(16)31-11-19(26)28)21(29)13(3)27-23(30)20-15-7-5-12(2)9-18(15)32-22(20)24-25-27/h6,8,10,12-13H,4-5,7,9,11H2,1-3H3. The molecule has 0 spiro atoms. The Labute approximate surface area is 188 Å². The van der Waals surface area contributed by atoms with E-state index in [1.165, 1.54) is 20.9 Å². The predicted octanol–water partition coefficient (Wildman–Crippen LogP) is 3.17. The smallest absolute Gasteiger partial charge is 0.279 e. The monoisotopic (exact) mass is 452 g/mol. The number of carbonyl (C=O) groups excluding carboxylic acids is 2. The molecule has 0 saturated carbocycles. The summed E-state index contributed by atoms with van der Waals surface area (Å²) >= 11 is 1.54. The summed E-state index contributed by atoms with van der Waals surface area (Å²) in [5, 5.41) is 8.99. The van der Waals surface area contributed by atoms with Crippen molar-refractivity contribution >= 4 is 38.9 Å². The maximum atomic E-state index is 13.3. The number of thiophene rings is 1. The van der Waals surface area contributed by atoms with Crippen molar-refractivity contribution < 1.29 is 14.3 Å². The number of ketones is 1. The number of ether oxygens (including phenoxy) is 1. The molecule has 1 aliphatic carbocycles. The molecule has 0 fully saturated rings. The van der Waals surface area contributed by atoms with Crippen LogP contribution in [0.1, 0.15) is 54.0 Å². The molecule has 1 amide bonds. The summed E-state index contributed by atoms with van der Waals surface area (Å²) in [5.41, 5.74) is 1.76. The van der Waals surface area contributed by atoms with Gasteiger partial charge in [-0.1, -0.05) is 12.1 Å². The van der Waals surface area contributed by atoms with Crippen LogP contribution in [0.4, 0.5) is 5.69 Å². The molecule has 5 rings (SSSR count). The first-order chi connectivity index (χ1) is 15.4. The molecule has 3 heterocycles. The molecule has 2 aromatic heterocycles. The average molecular weight is 453 g/mol. The quantitative estimate of drug-likeness (QED) is 0.565. The summed E-state index contributed by atoms with van der Waals surface area (Å²) in [6, 6.07) is 4.18. The summed E-state index contributed by atoms with van der Waals surface area (Å²) in [4.78, 5) is 42.2. The lowest BCUT2D eigenvalue weighted by Crippen LogP contribution is -2.38. The molecular formula is C23H24N4O4S. The van der Waals surface area contributed by atoms with Gasteiger partial charge >= 0.3 is 0 Å². The number of benzene rings is 1. The topological polar surface area (TPSA) is 94.4 Å². The Morgan fingerprint density at radius 3 is 2.94 bits per heavy atom. The zero-order valence-corrected chi connectivity index (χ0v) is 19.1. The molecule has 0 N–H and O–H groups in total. The van der Waals surface area contributed by atoms with Crippen LogP contribution in [0.25, 0.3) is 10.2 Å². The number of amides is 1. The minimum absolute atomic E-state index is 0.0146. The van der Waals surface area contributed by atoms with Gasteiger partial charge in [-0.15, -0.1) is 16.4 Å². The van der Waals surface area contributed by atoms with Gasteiger partial charge in [0, 0.05) is 17.0 Å². The van der Waals surface area contributed by atoms with E-state index in [0.29, 0.717) is 39.7 Å². The molecule has 166 valence electrons. The number of anilines is 1. The molecule has 32 heavy (non-hydrogen) atoms. The molecule has 1 aromatic carbocycles. The lowest BCUT2D eigenvalue weighted by Gasteiger charge is -2.28. The van der Waals surface area contributed by atoms with Crippen LogP contribution in [-0.4, -0.2) is 39.8 Å². The number of fused-ring (bicyclic) bond motifs is 4. The van der Waals surface area contributed by atoms with Crippen molar-refractivity contribution in [3.8, 4) is 5.75 Å². The first kappa shape index (κ1) is 20.8. The van der Waals surface area contributed by atoms with Crippen LogP contribution in [0.5, 0.6) is 5.75 Å². The van der Waals surface area contributed by atoms with E-state index in [1.54, 1.807) is 30.0 Å². The van der Waals surface area contributed by atoms with Crippen LogP contribution < -0.4 is 15.2 Å². The third-order valence-corrected chi connectivity index (χ3v) is 7.53. The molecule has 8 nitrogen and oxygen atoms in total.